The Hall–Kier alpha value is -0.900. The fourth-order valence-electron chi connectivity index (χ4n) is 0.670. The van der Waals surface area contributed by atoms with Crippen LogP contribution in [0.4, 0.5) is 0 Å². The largest absolute Gasteiger partial charge is 0.459 e. The summed E-state index contributed by atoms with van der Waals surface area (Å²) in [6.45, 7) is 7.14. The first-order chi connectivity index (χ1) is 5.85. The van der Waals surface area contributed by atoms with Gasteiger partial charge >= 0.3 is 5.97 Å². The molecule has 0 aromatic rings. The first-order valence-corrected chi connectivity index (χ1v) is 4.25. The Labute approximate surface area is 78.6 Å². The molecule has 76 valence electrons. The maximum atomic E-state index is 11.1. The van der Waals surface area contributed by atoms with Crippen LogP contribution in [0.15, 0.2) is 0 Å². The summed E-state index contributed by atoms with van der Waals surface area (Å²) in [5.41, 5.74) is -0.469. The molecule has 0 aliphatic heterocycles. The molecule has 0 spiro atoms. The van der Waals surface area contributed by atoms with Gasteiger partial charge in [0.1, 0.15) is 11.9 Å². The smallest absolute Gasteiger partial charge is 0.320 e. The topological polar surface area (TPSA) is 55.4 Å². The van der Waals surface area contributed by atoms with Crippen LogP contribution in [0.1, 0.15) is 27.7 Å². The summed E-state index contributed by atoms with van der Waals surface area (Å²) < 4.78 is 5.02. The van der Waals surface area contributed by atoms with Gasteiger partial charge in [0.2, 0.25) is 0 Å². The molecule has 0 saturated heterocycles. The van der Waals surface area contributed by atoms with Crippen molar-refractivity contribution in [2.75, 3.05) is 6.54 Å². The van der Waals surface area contributed by atoms with Crippen LogP contribution in [0.25, 0.3) is 0 Å². The summed E-state index contributed by atoms with van der Waals surface area (Å²) in [6.07, 6.45) is 0.740. The van der Waals surface area contributed by atoms with Crippen molar-refractivity contribution in [1.29, 1.82) is 0 Å². The van der Waals surface area contributed by atoms with Crippen molar-refractivity contribution in [3.8, 4) is 0 Å². The Morgan fingerprint density at radius 3 is 2.46 bits per heavy atom. The van der Waals surface area contributed by atoms with Crippen molar-refractivity contribution in [1.82, 2.24) is 5.32 Å². The molecule has 4 heteroatoms. The number of ether oxygens (including phenoxy) is 1. The van der Waals surface area contributed by atoms with Crippen LogP contribution in [0, 0.1) is 0 Å². The lowest BCUT2D eigenvalue weighted by molar-refractivity contribution is -0.153. The van der Waals surface area contributed by atoms with Gasteiger partial charge in [-0.15, -0.1) is 0 Å². The first-order valence-electron chi connectivity index (χ1n) is 4.25. The number of rotatable bonds is 4. The molecule has 0 aliphatic rings. The van der Waals surface area contributed by atoms with Crippen LogP contribution in [0.3, 0.4) is 0 Å². The number of carbonyl (C=O) groups is 2. The van der Waals surface area contributed by atoms with Crippen molar-refractivity contribution in [3.05, 3.63) is 0 Å². The zero-order valence-electron chi connectivity index (χ0n) is 8.59. The highest BCUT2D eigenvalue weighted by molar-refractivity contribution is 5.72. The third kappa shape index (κ3) is 7.46. The maximum absolute atomic E-state index is 11.1. The van der Waals surface area contributed by atoms with Crippen molar-refractivity contribution in [2.24, 2.45) is 0 Å². The molecule has 0 saturated carbocycles. The second-order valence-electron chi connectivity index (χ2n) is 3.89. The van der Waals surface area contributed by atoms with Crippen molar-refractivity contribution in [3.63, 3.8) is 0 Å². The van der Waals surface area contributed by atoms with E-state index in [1.807, 2.05) is 0 Å². The Bertz CT molecular complexity index is 184. The summed E-state index contributed by atoms with van der Waals surface area (Å²) >= 11 is 0. The van der Waals surface area contributed by atoms with Crippen LogP contribution in [-0.2, 0) is 14.3 Å². The number of esters is 1. The Morgan fingerprint density at radius 1 is 1.54 bits per heavy atom. The third-order valence-corrected chi connectivity index (χ3v) is 1.19. The molecule has 1 unspecified atom stereocenters. The maximum Gasteiger partial charge on any atom is 0.320 e. The molecule has 13 heavy (non-hydrogen) atoms. The molecule has 0 radical (unpaired) electrons. The van der Waals surface area contributed by atoms with Gasteiger partial charge in [-0.05, 0) is 27.7 Å². The molecule has 0 aromatic carbocycles. The fourth-order valence-corrected chi connectivity index (χ4v) is 0.670. The van der Waals surface area contributed by atoms with E-state index in [1.54, 1.807) is 27.7 Å². The van der Waals surface area contributed by atoms with E-state index in [4.69, 9.17) is 4.74 Å². The molecule has 0 aliphatic carbocycles. The number of nitrogens with one attached hydrogen (secondary N) is 1. The van der Waals surface area contributed by atoms with Gasteiger partial charge in [0.05, 0.1) is 12.6 Å². The van der Waals surface area contributed by atoms with Crippen molar-refractivity contribution < 1.29 is 14.3 Å². The SMILES string of the molecule is CC(C=O)NCC(=O)OC(C)(C)C. The molecule has 1 atom stereocenters. The lowest BCUT2D eigenvalue weighted by atomic mass is 10.2. The molecular weight excluding hydrogens is 170 g/mol. The molecule has 0 bridgehead atoms. The molecule has 0 rings (SSSR count). The standard InChI is InChI=1S/C9H17NO3/c1-7(6-11)10-5-8(12)13-9(2,3)4/h6-7,10H,5H2,1-4H3. The lowest BCUT2D eigenvalue weighted by Gasteiger charge is -2.19. The minimum Gasteiger partial charge on any atom is -0.459 e. The molecular formula is C9H17NO3. The summed E-state index contributed by atoms with van der Waals surface area (Å²) in [5, 5.41) is 2.71. The fraction of sp³-hybridized carbons (Fsp3) is 0.778. The lowest BCUT2D eigenvalue weighted by Crippen LogP contribution is -2.36. The second kappa shape index (κ2) is 4.97. The van der Waals surface area contributed by atoms with E-state index in [0.717, 1.165) is 6.29 Å². The molecule has 0 amide bonds. The van der Waals surface area contributed by atoms with Gasteiger partial charge in [-0.1, -0.05) is 0 Å². The van der Waals surface area contributed by atoms with E-state index >= 15 is 0 Å². The van der Waals surface area contributed by atoms with Gasteiger partial charge in [-0.3, -0.25) is 10.1 Å². The quantitative estimate of drug-likeness (QED) is 0.514. The minimum absolute atomic E-state index is 0.0666. The minimum atomic E-state index is -0.469. The zero-order valence-corrected chi connectivity index (χ0v) is 8.59. The number of carbonyl (C=O) groups excluding carboxylic acids is 2. The van der Waals surface area contributed by atoms with E-state index in [2.05, 4.69) is 5.32 Å². The van der Waals surface area contributed by atoms with E-state index < -0.39 is 5.60 Å². The molecule has 0 fully saturated rings. The first kappa shape index (κ1) is 12.1. The van der Waals surface area contributed by atoms with E-state index in [0.29, 0.717) is 0 Å². The van der Waals surface area contributed by atoms with Crippen LogP contribution >= 0.6 is 0 Å². The molecule has 1 N–H and O–H groups in total. The van der Waals surface area contributed by atoms with Crippen molar-refractivity contribution >= 4 is 12.3 Å². The van der Waals surface area contributed by atoms with E-state index in [1.165, 1.54) is 0 Å². The Kier molecular flexibility index (Phi) is 4.62. The van der Waals surface area contributed by atoms with E-state index in [9.17, 15) is 9.59 Å². The average Bonchev–Trinajstić information content (AvgIpc) is 1.97. The predicted molar refractivity (Wildman–Crippen MR) is 49.4 cm³/mol. The summed E-state index contributed by atoms with van der Waals surface area (Å²) in [6, 6.07) is -0.312. The van der Waals surface area contributed by atoms with Crippen LogP contribution in [0.5, 0.6) is 0 Å². The van der Waals surface area contributed by atoms with Gasteiger partial charge in [-0.2, -0.15) is 0 Å². The monoisotopic (exact) mass is 187 g/mol. The molecule has 4 nitrogen and oxygen atoms in total. The summed E-state index contributed by atoms with van der Waals surface area (Å²) in [5.74, 6) is -0.346. The van der Waals surface area contributed by atoms with Gasteiger partial charge in [0.15, 0.2) is 0 Å². The normalized spacial score (nSPS) is 13.5. The summed E-state index contributed by atoms with van der Waals surface area (Å²) in [4.78, 5) is 21.3. The Balaban J connectivity index is 3.70. The van der Waals surface area contributed by atoms with Crippen LogP contribution < -0.4 is 5.32 Å². The number of hydrogen-bond donors (Lipinski definition) is 1. The Morgan fingerprint density at radius 2 is 2.08 bits per heavy atom. The molecule has 0 heterocycles. The van der Waals surface area contributed by atoms with Gasteiger partial charge < -0.3 is 9.53 Å². The zero-order chi connectivity index (χ0) is 10.5. The third-order valence-electron chi connectivity index (χ3n) is 1.19. The van der Waals surface area contributed by atoms with Gasteiger partial charge in [0.25, 0.3) is 0 Å². The highest BCUT2D eigenvalue weighted by Gasteiger charge is 2.16. The number of hydrogen-bond acceptors (Lipinski definition) is 4. The van der Waals surface area contributed by atoms with Gasteiger partial charge in [-0.25, -0.2) is 0 Å². The van der Waals surface area contributed by atoms with Crippen LogP contribution in [0.2, 0.25) is 0 Å². The summed E-state index contributed by atoms with van der Waals surface area (Å²) in [7, 11) is 0. The highest BCUT2D eigenvalue weighted by Crippen LogP contribution is 2.06. The predicted octanol–water partition coefficient (Wildman–Crippen LogP) is 0.505. The highest BCUT2D eigenvalue weighted by atomic mass is 16.6. The second-order valence-corrected chi connectivity index (χ2v) is 3.89. The van der Waals surface area contributed by atoms with Crippen molar-refractivity contribution in [2.45, 2.75) is 39.3 Å². The van der Waals surface area contributed by atoms with Crippen LogP contribution in [-0.4, -0.2) is 30.4 Å². The number of aldehydes is 1. The van der Waals surface area contributed by atoms with E-state index in [-0.39, 0.29) is 18.6 Å². The molecule has 0 aromatic heterocycles. The van der Waals surface area contributed by atoms with Gasteiger partial charge in [0, 0.05) is 0 Å². The average molecular weight is 187 g/mol.